The van der Waals surface area contributed by atoms with Gasteiger partial charge in [0.1, 0.15) is 17.4 Å². The molecule has 1 aromatic carbocycles. The Balaban J connectivity index is 1.90. The lowest BCUT2D eigenvalue weighted by Gasteiger charge is -2.19. The van der Waals surface area contributed by atoms with E-state index in [1.807, 2.05) is 6.92 Å². The van der Waals surface area contributed by atoms with E-state index in [1.54, 1.807) is 51.1 Å². The van der Waals surface area contributed by atoms with Crippen LogP contribution in [0.2, 0.25) is 0 Å². The van der Waals surface area contributed by atoms with Gasteiger partial charge in [-0.2, -0.15) is 5.10 Å². The van der Waals surface area contributed by atoms with Gasteiger partial charge < -0.3 is 15.2 Å². The molecule has 164 valence electrons. The van der Waals surface area contributed by atoms with Gasteiger partial charge in [0.15, 0.2) is 11.5 Å². The lowest BCUT2D eigenvalue weighted by atomic mass is 10.1. The first-order valence-electron chi connectivity index (χ1n) is 10.1. The number of carbonyl (C=O) groups is 2. The molecule has 0 saturated carbocycles. The minimum absolute atomic E-state index is 0.244. The average molecular weight is 425 g/mol. The van der Waals surface area contributed by atoms with Crippen LogP contribution in [-0.4, -0.2) is 38.9 Å². The lowest BCUT2D eigenvalue weighted by Crippen LogP contribution is -2.27. The molecule has 3 aromatic rings. The Hall–Kier alpha value is -3.62. The number of ether oxygens (including phenoxy) is 2. The molecule has 0 aliphatic heterocycles. The van der Waals surface area contributed by atoms with E-state index in [0.29, 0.717) is 23.4 Å². The number of anilines is 2. The van der Waals surface area contributed by atoms with Crippen molar-refractivity contribution in [1.29, 1.82) is 0 Å². The topological polar surface area (TPSA) is 121 Å². The van der Waals surface area contributed by atoms with Gasteiger partial charge in [-0.1, -0.05) is 25.5 Å². The van der Waals surface area contributed by atoms with E-state index in [-0.39, 0.29) is 11.5 Å². The number of unbranched alkanes of at least 4 members (excludes halogenated alkanes) is 1. The summed E-state index contributed by atoms with van der Waals surface area (Å²) in [5.41, 5.74) is 8.32. The number of rotatable bonds is 6. The van der Waals surface area contributed by atoms with Crippen LogP contribution >= 0.6 is 0 Å². The molecule has 0 saturated heterocycles. The third-order valence-electron chi connectivity index (χ3n) is 4.36. The van der Waals surface area contributed by atoms with Gasteiger partial charge in [-0.05, 0) is 51.0 Å². The van der Waals surface area contributed by atoms with E-state index in [2.05, 4.69) is 15.4 Å². The van der Waals surface area contributed by atoms with Crippen LogP contribution in [0.25, 0.3) is 16.6 Å². The summed E-state index contributed by atoms with van der Waals surface area (Å²) in [5.74, 6) is -0.232. The molecule has 3 rings (SSSR count). The Labute approximate surface area is 180 Å². The zero-order valence-corrected chi connectivity index (χ0v) is 18.1. The monoisotopic (exact) mass is 425 g/mol. The number of hydrogen-bond donors (Lipinski definition) is 2. The first-order chi connectivity index (χ1) is 14.7. The van der Waals surface area contributed by atoms with Gasteiger partial charge in [0.05, 0.1) is 6.61 Å². The molecule has 31 heavy (non-hydrogen) atoms. The van der Waals surface area contributed by atoms with Crippen molar-refractivity contribution in [1.82, 2.24) is 14.6 Å². The maximum absolute atomic E-state index is 12.6. The van der Waals surface area contributed by atoms with Crippen molar-refractivity contribution in [2.75, 3.05) is 17.7 Å². The van der Waals surface area contributed by atoms with E-state index in [0.717, 1.165) is 18.4 Å². The lowest BCUT2D eigenvalue weighted by molar-refractivity contribution is 0.0489. The maximum Gasteiger partial charge on any atom is 0.412 e. The fourth-order valence-corrected chi connectivity index (χ4v) is 2.97. The number of hydrogen-bond acceptors (Lipinski definition) is 7. The van der Waals surface area contributed by atoms with E-state index < -0.39 is 17.7 Å². The van der Waals surface area contributed by atoms with E-state index in [9.17, 15) is 9.59 Å². The van der Waals surface area contributed by atoms with E-state index in [4.69, 9.17) is 15.2 Å². The van der Waals surface area contributed by atoms with Crippen LogP contribution in [-0.2, 0) is 9.47 Å². The first-order valence-corrected chi connectivity index (χ1v) is 10.1. The molecule has 0 bridgehead atoms. The number of nitrogens with one attached hydrogen (secondary N) is 1. The summed E-state index contributed by atoms with van der Waals surface area (Å²) in [6, 6.07) is 8.77. The molecule has 0 atom stereocenters. The van der Waals surface area contributed by atoms with Crippen LogP contribution in [0.5, 0.6) is 0 Å². The van der Waals surface area contributed by atoms with Crippen LogP contribution in [0.3, 0.4) is 0 Å². The third-order valence-corrected chi connectivity index (χ3v) is 4.36. The molecule has 2 heterocycles. The number of nitrogens with two attached hydrogens (primary N) is 1. The van der Waals surface area contributed by atoms with Gasteiger partial charge in [0.25, 0.3) is 0 Å². The molecule has 0 fully saturated rings. The summed E-state index contributed by atoms with van der Waals surface area (Å²) in [5, 5.41) is 6.87. The molecule has 0 aliphatic carbocycles. The molecule has 0 aliphatic rings. The van der Waals surface area contributed by atoms with Crippen molar-refractivity contribution in [3.63, 3.8) is 0 Å². The molecule has 9 heteroatoms. The Kier molecular flexibility index (Phi) is 6.43. The van der Waals surface area contributed by atoms with Crippen molar-refractivity contribution >= 4 is 29.1 Å². The summed E-state index contributed by atoms with van der Waals surface area (Å²) in [6.07, 6.45) is 2.46. The Bertz CT molecular complexity index is 1080. The number of nitrogen functional groups attached to an aromatic ring is 1. The van der Waals surface area contributed by atoms with Gasteiger partial charge >= 0.3 is 12.1 Å². The van der Waals surface area contributed by atoms with Gasteiger partial charge in [-0.25, -0.2) is 19.1 Å². The Morgan fingerprint density at radius 3 is 2.55 bits per heavy atom. The fraction of sp³-hybridized carbons (Fsp3) is 0.364. The van der Waals surface area contributed by atoms with Crippen molar-refractivity contribution in [2.24, 2.45) is 0 Å². The number of benzene rings is 1. The predicted molar refractivity (Wildman–Crippen MR) is 118 cm³/mol. The molecule has 0 radical (unpaired) electrons. The number of amides is 1. The summed E-state index contributed by atoms with van der Waals surface area (Å²) in [4.78, 5) is 28.6. The second-order valence-electron chi connectivity index (χ2n) is 8.04. The second-order valence-corrected chi connectivity index (χ2v) is 8.04. The number of fused-ring (bicyclic) bond motifs is 1. The van der Waals surface area contributed by atoms with Gasteiger partial charge in [-0.3, -0.25) is 5.32 Å². The van der Waals surface area contributed by atoms with Crippen LogP contribution in [0.15, 0.2) is 36.7 Å². The zero-order chi connectivity index (χ0) is 22.6. The van der Waals surface area contributed by atoms with Crippen LogP contribution < -0.4 is 11.1 Å². The van der Waals surface area contributed by atoms with E-state index in [1.165, 1.54) is 10.8 Å². The highest BCUT2D eigenvalue weighted by molar-refractivity contribution is 5.97. The summed E-state index contributed by atoms with van der Waals surface area (Å²) < 4.78 is 12.1. The van der Waals surface area contributed by atoms with Gasteiger partial charge in [-0.15, -0.1) is 0 Å². The molecule has 2 aromatic heterocycles. The normalized spacial score (nSPS) is 11.4. The Morgan fingerprint density at radius 1 is 1.19 bits per heavy atom. The van der Waals surface area contributed by atoms with Gasteiger partial charge in [0.2, 0.25) is 0 Å². The molecule has 0 spiro atoms. The average Bonchev–Trinajstić information content (AvgIpc) is 3.08. The van der Waals surface area contributed by atoms with Crippen molar-refractivity contribution in [3.8, 4) is 11.1 Å². The highest BCUT2D eigenvalue weighted by Crippen LogP contribution is 2.31. The third kappa shape index (κ3) is 5.30. The zero-order valence-electron chi connectivity index (χ0n) is 18.1. The van der Waals surface area contributed by atoms with E-state index >= 15 is 0 Å². The molecule has 9 nitrogen and oxygen atoms in total. The Morgan fingerprint density at radius 2 is 1.90 bits per heavy atom. The second kappa shape index (κ2) is 9.03. The van der Waals surface area contributed by atoms with Crippen molar-refractivity contribution < 1.29 is 19.1 Å². The standard InChI is InChI=1S/C22H27N5O4/c1-5-6-11-30-20(28)17-12-16(18-19(23)24-13-25-27(17)18)14-7-9-15(10-8-14)26-21(29)31-22(2,3)4/h7-10,12-13H,5-6,11H2,1-4H3,(H,26,29)(H2,23,24,25). The number of esters is 1. The predicted octanol–water partition coefficient (Wildman–Crippen LogP) is 4.28. The molecular formula is C22H27N5O4. The molecular weight excluding hydrogens is 398 g/mol. The highest BCUT2D eigenvalue weighted by Gasteiger charge is 2.21. The summed E-state index contributed by atoms with van der Waals surface area (Å²) in [7, 11) is 0. The minimum Gasteiger partial charge on any atom is -0.461 e. The van der Waals surface area contributed by atoms with Crippen molar-refractivity contribution in [3.05, 3.63) is 42.4 Å². The number of nitrogens with zero attached hydrogens (tertiary/aromatic N) is 3. The first kappa shape index (κ1) is 22.1. The largest absolute Gasteiger partial charge is 0.461 e. The highest BCUT2D eigenvalue weighted by atomic mass is 16.6. The summed E-state index contributed by atoms with van der Waals surface area (Å²) in [6.45, 7) is 7.75. The van der Waals surface area contributed by atoms with Crippen LogP contribution in [0, 0.1) is 0 Å². The molecule has 1 amide bonds. The van der Waals surface area contributed by atoms with Crippen LogP contribution in [0.4, 0.5) is 16.3 Å². The quantitative estimate of drug-likeness (QED) is 0.446. The van der Waals surface area contributed by atoms with Gasteiger partial charge in [0, 0.05) is 11.3 Å². The fourth-order valence-electron chi connectivity index (χ4n) is 2.97. The molecule has 3 N–H and O–H groups in total. The van der Waals surface area contributed by atoms with Crippen LogP contribution in [0.1, 0.15) is 51.0 Å². The SMILES string of the molecule is CCCCOC(=O)c1cc(-c2ccc(NC(=O)OC(C)(C)C)cc2)c2c(N)ncnn12. The molecule has 0 unspecified atom stereocenters. The summed E-state index contributed by atoms with van der Waals surface area (Å²) >= 11 is 0. The number of aromatic nitrogens is 3. The number of carbonyl (C=O) groups excluding carboxylic acids is 2. The van der Waals surface area contributed by atoms with Crippen molar-refractivity contribution in [2.45, 2.75) is 46.1 Å². The minimum atomic E-state index is -0.588. The maximum atomic E-state index is 12.6. The smallest absolute Gasteiger partial charge is 0.412 e.